The molecule has 146 valence electrons. The van der Waals surface area contributed by atoms with Gasteiger partial charge in [0.1, 0.15) is 11.4 Å². The molecule has 0 spiro atoms. The zero-order valence-electron chi connectivity index (χ0n) is 16.2. The van der Waals surface area contributed by atoms with Gasteiger partial charge in [0.2, 0.25) is 0 Å². The fourth-order valence-corrected chi connectivity index (χ4v) is 2.38. The van der Waals surface area contributed by atoms with Gasteiger partial charge in [-0.15, -0.1) is 0 Å². The van der Waals surface area contributed by atoms with Crippen molar-refractivity contribution in [3.8, 4) is 5.75 Å². The van der Waals surface area contributed by atoms with Gasteiger partial charge in [-0.05, 0) is 44.9 Å². The number of benzene rings is 1. The van der Waals surface area contributed by atoms with E-state index in [0.717, 1.165) is 18.6 Å². The molecule has 1 aromatic rings. The summed E-state index contributed by atoms with van der Waals surface area (Å²) in [4.78, 5) is 23.0. The second-order valence-electron chi connectivity index (χ2n) is 7.25. The lowest BCUT2D eigenvalue weighted by Gasteiger charge is -2.24. The Morgan fingerprint density at radius 2 is 1.77 bits per heavy atom. The summed E-state index contributed by atoms with van der Waals surface area (Å²) >= 11 is 0. The van der Waals surface area contributed by atoms with Crippen LogP contribution in [0.1, 0.15) is 71.4 Å². The van der Waals surface area contributed by atoms with Crippen LogP contribution in [0.25, 0.3) is 0 Å². The van der Waals surface area contributed by atoms with Crippen LogP contribution in [0.2, 0.25) is 0 Å². The van der Waals surface area contributed by atoms with Crippen LogP contribution in [0, 0.1) is 0 Å². The Morgan fingerprint density at radius 1 is 1.12 bits per heavy atom. The van der Waals surface area contributed by atoms with Crippen LogP contribution in [0.3, 0.4) is 0 Å². The van der Waals surface area contributed by atoms with Crippen molar-refractivity contribution in [1.82, 2.24) is 5.32 Å². The minimum atomic E-state index is -1.25. The number of unbranched alkanes of at least 4 members (excludes halogenated alkanes) is 3. The third kappa shape index (κ3) is 9.30. The van der Waals surface area contributed by atoms with Crippen molar-refractivity contribution < 1.29 is 24.2 Å². The van der Waals surface area contributed by atoms with Gasteiger partial charge in [0, 0.05) is 12.4 Å². The van der Waals surface area contributed by atoms with Crippen LogP contribution in [0.4, 0.5) is 4.79 Å². The molecular formula is C20H30NO5-. The molecule has 0 saturated heterocycles. The van der Waals surface area contributed by atoms with Gasteiger partial charge >= 0.3 is 6.09 Å². The van der Waals surface area contributed by atoms with E-state index in [0.29, 0.717) is 12.2 Å². The van der Waals surface area contributed by atoms with Gasteiger partial charge in [-0.3, -0.25) is 0 Å². The zero-order chi connectivity index (χ0) is 19.6. The van der Waals surface area contributed by atoms with E-state index in [4.69, 9.17) is 9.47 Å². The summed E-state index contributed by atoms with van der Waals surface area (Å²) in [6, 6.07) is 6.30. The summed E-state index contributed by atoms with van der Waals surface area (Å²) in [7, 11) is 0. The van der Waals surface area contributed by atoms with E-state index in [9.17, 15) is 14.7 Å². The van der Waals surface area contributed by atoms with Gasteiger partial charge in [-0.25, -0.2) is 4.79 Å². The number of carbonyl (C=O) groups excluding carboxylic acids is 2. The number of ether oxygens (including phenoxy) is 2. The van der Waals surface area contributed by atoms with Crippen LogP contribution >= 0.6 is 0 Å². The maximum atomic E-state index is 11.9. The predicted molar refractivity (Wildman–Crippen MR) is 97.8 cm³/mol. The van der Waals surface area contributed by atoms with E-state index in [1.165, 1.54) is 12.8 Å². The average Bonchev–Trinajstić information content (AvgIpc) is 2.52. The molecule has 0 aliphatic heterocycles. The number of carbonyl (C=O) groups is 2. The summed E-state index contributed by atoms with van der Waals surface area (Å²) in [5.41, 5.74) is -0.00984. The second-order valence-corrected chi connectivity index (χ2v) is 7.25. The normalized spacial score (nSPS) is 12.3. The van der Waals surface area contributed by atoms with Gasteiger partial charge in [0.15, 0.2) is 0 Å². The molecule has 0 aliphatic carbocycles. The highest BCUT2D eigenvalue weighted by molar-refractivity contribution is 5.71. The van der Waals surface area contributed by atoms with E-state index in [1.807, 2.05) is 0 Å². The molecular weight excluding hydrogens is 334 g/mol. The molecule has 0 unspecified atom stereocenters. The molecule has 1 amide bonds. The Bertz CT molecular complexity index is 563. The molecule has 1 N–H and O–H groups in total. The summed E-state index contributed by atoms with van der Waals surface area (Å²) in [6.07, 6.45) is 3.52. The molecule has 0 bridgehead atoms. The number of aliphatic carboxylic acids is 1. The Labute approximate surface area is 155 Å². The molecule has 1 rings (SSSR count). The van der Waals surface area contributed by atoms with Crippen molar-refractivity contribution >= 4 is 12.1 Å². The maximum Gasteiger partial charge on any atom is 0.408 e. The van der Waals surface area contributed by atoms with Crippen LogP contribution in [-0.4, -0.2) is 24.3 Å². The first-order chi connectivity index (χ1) is 12.2. The van der Waals surface area contributed by atoms with Crippen molar-refractivity contribution in [3.63, 3.8) is 0 Å². The largest absolute Gasteiger partial charge is 0.550 e. The highest BCUT2D eigenvalue weighted by Gasteiger charge is 2.20. The quantitative estimate of drug-likeness (QED) is 0.643. The first kappa shape index (κ1) is 21.8. The van der Waals surface area contributed by atoms with Crippen LogP contribution < -0.4 is 15.2 Å². The van der Waals surface area contributed by atoms with Crippen molar-refractivity contribution in [1.29, 1.82) is 0 Å². The summed E-state index contributed by atoms with van der Waals surface area (Å²) in [6.45, 7) is 8.04. The number of alkyl carbamates (subject to hydrolysis) is 1. The smallest absolute Gasteiger partial charge is 0.408 e. The number of carboxylic acid groups (broad SMARTS) is 1. The maximum absolute atomic E-state index is 11.9. The van der Waals surface area contributed by atoms with Gasteiger partial charge in [-0.1, -0.05) is 38.3 Å². The Morgan fingerprint density at radius 3 is 2.31 bits per heavy atom. The highest BCUT2D eigenvalue weighted by Crippen LogP contribution is 2.21. The van der Waals surface area contributed by atoms with Gasteiger partial charge in [0.25, 0.3) is 0 Å². The number of amides is 1. The number of nitrogens with one attached hydrogen (secondary N) is 1. The first-order valence-electron chi connectivity index (χ1n) is 9.13. The van der Waals surface area contributed by atoms with Crippen LogP contribution in [-0.2, 0) is 9.53 Å². The minimum Gasteiger partial charge on any atom is -0.550 e. The number of carboxylic acids is 1. The molecule has 0 heterocycles. The third-order valence-corrected chi connectivity index (χ3v) is 3.61. The summed E-state index contributed by atoms with van der Waals surface area (Å²) in [5, 5.41) is 13.6. The Balaban J connectivity index is 2.66. The SMILES string of the molecule is CCCCCCOc1ccc([C@H](CC(=O)[O-])NC(=O)OC(C)(C)C)cc1. The summed E-state index contributed by atoms with van der Waals surface area (Å²) < 4.78 is 10.9. The topological polar surface area (TPSA) is 87.7 Å². The lowest BCUT2D eigenvalue weighted by atomic mass is 10.0. The van der Waals surface area contributed by atoms with Gasteiger partial charge < -0.3 is 24.7 Å². The number of hydrogen-bond acceptors (Lipinski definition) is 5. The molecule has 0 aliphatic rings. The molecule has 0 radical (unpaired) electrons. The minimum absolute atomic E-state index is 0.337. The fraction of sp³-hybridized carbons (Fsp3) is 0.600. The van der Waals surface area contributed by atoms with E-state index >= 15 is 0 Å². The van der Waals surface area contributed by atoms with Gasteiger partial charge in [-0.2, -0.15) is 0 Å². The van der Waals surface area contributed by atoms with E-state index in [-0.39, 0.29) is 6.42 Å². The third-order valence-electron chi connectivity index (χ3n) is 3.61. The molecule has 0 saturated carbocycles. The number of rotatable bonds is 10. The fourth-order valence-electron chi connectivity index (χ4n) is 2.38. The molecule has 1 atom stereocenters. The standard InChI is InChI=1S/C20H31NO5/c1-5-6-7-8-13-25-16-11-9-15(10-12-16)17(14-18(22)23)21-19(24)26-20(2,3)4/h9-12,17H,5-8,13-14H2,1-4H3,(H,21,24)(H,22,23)/p-1/t17-/m0/s1. The summed E-state index contributed by atoms with van der Waals surface area (Å²) in [5.74, 6) is -0.531. The van der Waals surface area contributed by atoms with Crippen LogP contribution in [0.15, 0.2) is 24.3 Å². The monoisotopic (exact) mass is 364 g/mol. The van der Waals surface area contributed by atoms with Gasteiger partial charge in [0.05, 0.1) is 12.6 Å². The molecule has 6 nitrogen and oxygen atoms in total. The highest BCUT2D eigenvalue weighted by atomic mass is 16.6. The Kier molecular flexibility index (Phi) is 8.96. The molecule has 1 aromatic carbocycles. The van der Waals surface area contributed by atoms with E-state index < -0.39 is 23.7 Å². The number of hydrogen-bond donors (Lipinski definition) is 1. The molecule has 0 aromatic heterocycles. The lowest BCUT2D eigenvalue weighted by Crippen LogP contribution is -2.37. The van der Waals surface area contributed by atoms with Crippen molar-refractivity contribution in [2.45, 2.75) is 71.4 Å². The predicted octanol–water partition coefficient (Wildman–Crippen LogP) is 3.35. The Hall–Kier alpha value is -2.24. The van der Waals surface area contributed by atoms with Crippen LogP contribution in [0.5, 0.6) is 5.75 Å². The van der Waals surface area contributed by atoms with E-state index in [2.05, 4.69) is 12.2 Å². The molecule has 26 heavy (non-hydrogen) atoms. The molecule has 6 heteroatoms. The van der Waals surface area contributed by atoms with Crippen molar-refractivity contribution in [2.24, 2.45) is 0 Å². The molecule has 0 fully saturated rings. The van der Waals surface area contributed by atoms with E-state index in [1.54, 1.807) is 45.0 Å². The van der Waals surface area contributed by atoms with Crippen molar-refractivity contribution in [3.05, 3.63) is 29.8 Å². The average molecular weight is 364 g/mol. The lowest BCUT2D eigenvalue weighted by molar-refractivity contribution is -0.306. The first-order valence-corrected chi connectivity index (χ1v) is 9.13. The van der Waals surface area contributed by atoms with Crippen molar-refractivity contribution in [2.75, 3.05) is 6.61 Å². The zero-order valence-corrected chi connectivity index (χ0v) is 16.2. The second kappa shape index (κ2) is 10.7.